The first kappa shape index (κ1) is 13.1. The number of aromatic hydroxyl groups is 1. The molecule has 0 aliphatic heterocycles. The van der Waals surface area contributed by atoms with Crippen LogP contribution in [0.5, 0.6) is 5.88 Å². The first-order chi connectivity index (χ1) is 8.97. The number of nitrogens with zero attached hydrogens (tertiary/aromatic N) is 3. The molecule has 2 heterocycles. The summed E-state index contributed by atoms with van der Waals surface area (Å²) in [5.41, 5.74) is 0.799. The minimum Gasteiger partial charge on any atom is -0.494 e. The third-order valence-corrected chi connectivity index (χ3v) is 2.87. The topological polar surface area (TPSA) is 92.9 Å². The average molecular weight is 264 g/mol. The Bertz CT molecular complexity index is 696. The molecule has 7 heteroatoms. The van der Waals surface area contributed by atoms with Gasteiger partial charge in [-0.2, -0.15) is 5.10 Å². The maximum atomic E-state index is 11.5. The van der Waals surface area contributed by atoms with Crippen molar-refractivity contribution in [3.8, 4) is 5.88 Å². The number of H-pyrrole nitrogens is 1. The molecule has 19 heavy (non-hydrogen) atoms. The monoisotopic (exact) mass is 264 g/mol. The molecule has 2 N–H and O–H groups in total. The largest absolute Gasteiger partial charge is 0.494 e. The van der Waals surface area contributed by atoms with Gasteiger partial charge in [-0.25, -0.2) is 4.79 Å². The molecule has 0 aliphatic carbocycles. The SMILES string of the molecule is Cc1cc(C)n(CCCn2c(O)cc(=O)[nH]c2=O)n1. The van der Waals surface area contributed by atoms with Crippen molar-refractivity contribution >= 4 is 0 Å². The second kappa shape index (κ2) is 5.13. The van der Waals surface area contributed by atoms with Crippen molar-refractivity contribution in [3.63, 3.8) is 0 Å². The lowest BCUT2D eigenvalue weighted by molar-refractivity contribution is 0.388. The molecule has 0 unspecified atom stereocenters. The minimum atomic E-state index is -0.600. The fraction of sp³-hybridized carbons (Fsp3) is 0.417. The second-order valence-electron chi connectivity index (χ2n) is 4.45. The highest BCUT2D eigenvalue weighted by atomic mass is 16.3. The lowest BCUT2D eigenvalue weighted by atomic mass is 10.4. The van der Waals surface area contributed by atoms with Gasteiger partial charge in [0.1, 0.15) is 0 Å². The molecule has 0 bridgehead atoms. The van der Waals surface area contributed by atoms with Crippen molar-refractivity contribution in [1.29, 1.82) is 0 Å². The van der Waals surface area contributed by atoms with Gasteiger partial charge in [0.05, 0.1) is 11.8 Å². The van der Waals surface area contributed by atoms with Crippen LogP contribution < -0.4 is 11.2 Å². The molecule has 2 aromatic rings. The first-order valence-corrected chi connectivity index (χ1v) is 6.01. The molecule has 102 valence electrons. The van der Waals surface area contributed by atoms with Gasteiger partial charge < -0.3 is 5.11 Å². The average Bonchev–Trinajstić information content (AvgIpc) is 2.61. The van der Waals surface area contributed by atoms with Crippen molar-refractivity contribution in [2.24, 2.45) is 0 Å². The molecule has 0 atom stereocenters. The smallest absolute Gasteiger partial charge is 0.331 e. The Kier molecular flexibility index (Phi) is 3.55. The van der Waals surface area contributed by atoms with Gasteiger partial charge in [-0.05, 0) is 26.3 Å². The van der Waals surface area contributed by atoms with Gasteiger partial charge in [-0.1, -0.05) is 0 Å². The number of hydrogen-bond acceptors (Lipinski definition) is 4. The maximum absolute atomic E-state index is 11.5. The number of aromatic amines is 1. The Hall–Kier alpha value is -2.31. The third kappa shape index (κ3) is 2.93. The summed E-state index contributed by atoms with van der Waals surface area (Å²) in [5.74, 6) is -0.317. The Morgan fingerprint density at radius 1 is 1.26 bits per heavy atom. The summed E-state index contributed by atoms with van der Waals surface area (Å²) in [6.45, 7) is 4.84. The summed E-state index contributed by atoms with van der Waals surface area (Å²) >= 11 is 0. The van der Waals surface area contributed by atoms with Gasteiger partial charge in [-0.15, -0.1) is 0 Å². The van der Waals surface area contributed by atoms with E-state index in [0.717, 1.165) is 22.0 Å². The molecule has 0 amide bonds. The van der Waals surface area contributed by atoms with E-state index in [-0.39, 0.29) is 5.88 Å². The Morgan fingerprint density at radius 2 is 2.00 bits per heavy atom. The summed E-state index contributed by atoms with van der Waals surface area (Å²) < 4.78 is 2.98. The van der Waals surface area contributed by atoms with E-state index >= 15 is 0 Å². The lowest BCUT2D eigenvalue weighted by Crippen LogP contribution is -2.29. The molecule has 2 rings (SSSR count). The van der Waals surface area contributed by atoms with E-state index in [2.05, 4.69) is 10.1 Å². The number of nitrogens with one attached hydrogen (secondary N) is 1. The first-order valence-electron chi connectivity index (χ1n) is 6.01. The molecule has 0 aliphatic rings. The maximum Gasteiger partial charge on any atom is 0.331 e. The Morgan fingerprint density at radius 3 is 2.58 bits per heavy atom. The van der Waals surface area contributed by atoms with E-state index in [1.807, 2.05) is 24.6 Å². The van der Waals surface area contributed by atoms with Gasteiger partial charge in [-0.3, -0.25) is 19.0 Å². The zero-order valence-corrected chi connectivity index (χ0v) is 10.9. The van der Waals surface area contributed by atoms with Crippen molar-refractivity contribution in [2.75, 3.05) is 0 Å². The van der Waals surface area contributed by atoms with Gasteiger partial charge in [0, 0.05) is 18.8 Å². The van der Waals surface area contributed by atoms with Crippen LogP contribution in [0.15, 0.2) is 21.7 Å². The molecular formula is C12H16N4O3. The number of aryl methyl sites for hydroxylation is 3. The molecule has 7 nitrogen and oxygen atoms in total. The standard InChI is InChI=1S/C12H16N4O3/c1-8-6-9(2)16(14-8)5-3-4-15-11(18)7-10(17)13-12(15)19/h6-7,18H,3-5H2,1-2H3,(H,13,17,19). The van der Waals surface area contributed by atoms with Crippen LogP contribution in [-0.2, 0) is 13.1 Å². The molecule has 0 fully saturated rings. The summed E-state index contributed by atoms with van der Waals surface area (Å²) in [6, 6.07) is 2.97. The molecule has 2 aromatic heterocycles. The highest BCUT2D eigenvalue weighted by Gasteiger charge is 2.05. The van der Waals surface area contributed by atoms with Crippen LogP contribution in [0.1, 0.15) is 17.8 Å². The van der Waals surface area contributed by atoms with Crippen molar-refractivity contribution in [1.82, 2.24) is 19.3 Å². The number of rotatable bonds is 4. The zero-order chi connectivity index (χ0) is 14.0. The van der Waals surface area contributed by atoms with Crippen LogP contribution in [-0.4, -0.2) is 24.4 Å². The predicted molar refractivity (Wildman–Crippen MR) is 69.3 cm³/mol. The van der Waals surface area contributed by atoms with E-state index in [9.17, 15) is 14.7 Å². The van der Waals surface area contributed by atoms with Crippen molar-refractivity contribution < 1.29 is 5.11 Å². The quantitative estimate of drug-likeness (QED) is 0.821. The fourth-order valence-corrected chi connectivity index (χ4v) is 2.00. The normalized spacial score (nSPS) is 10.8. The fourth-order valence-electron chi connectivity index (χ4n) is 2.00. The van der Waals surface area contributed by atoms with Crippen LogP contribution in [0.3, 0.4) is 0 Å². The molecule has 0 aromatic carbocycles. The van der Waals surface area contributed by atoms with E-state index in [4.69, 9.17) is 0 Å². The third-order valence-electron chi connectivity index (χ3n) is 2.87. The zero-order valence-electron chi connectivity index (χ0n) is 10.9. The lowest BCUT2D eigenvalue weighted by Gasteiger charge is -2.08. The van der Waals surface area contributed by atoms with Gasteiger partial charge >= 0.3 is 5.69 Å². The minimum absolute atomic E-state index is 0.317. The summed E-state index contributed by atoms with van der Waals surface area (Å²) in [7, 11) is 0. The van der Waals surface area contributed by atoms with Crippen molar-refractivity contribution in [2.45, 2.75) is 33.4 Å². The molecule has 0 radical (unpaired) electrons. The summed E-state index contributed by atoms with van der Waals surface area (Å²) in [4.78, 5) is 24.6. The van der Waals surface area contributed by atoms with Crippen LogP contribution in [0, 0.1) is 13.8 Å². The van der Waals surface area contributed by atoms with Crippen LogP contribution >= 0.6 is 0 Å². The van der Waals surface area contributed by atoms with E-state index in [0.29, 0.717) is 19.5 Å². The highest BCUT2D eigenvalue weighted by molar-refractivity contribution is 5.07. The molecule has 0 saturated heterocycles. The predicted octanol–water partition coefficient (Wildman–Crippen LogP) is 0.146. The van der Waals surface area contributed by atoms with E-state index in [1.54, 1.807) is 0 Å². The van der Waals surface area contributed by atoms with E-state index < -0.39 is 11.2 Å². The van der Waals surface area contributed by atoms with E-state index in [1.165, 1.54) is 0 Å². The summed E-state index contributed by atoms with van der Waals surface area (Å²) in [6.07, 6.45) is 0.626. The molecule has 0 saturated carbocycles. The highest BCUT2D eigenvalue weighted by Crippen LogP contribution is 2.05. The van der Waals surface area contributed by atoms with Crippen molar-refractivity contribution in [3.05, 3.63) is 44.4 Å². The number of aromatic nitrogens is 4. The van der Waals surface area contributed by atoms with Crippen LogP contribution in [0.2, 0.25) is 0 Å². The van der Waals surface area contributed by atoms with Crippen LogP contribution in [0.25, 0.3) is 0 Å². The molecular weight excluding hydrogens is 248 g/mol. The molecule has 0 spiro atoms. The van der Waals surface area contributed by atoms with Gasteiger partial charge in [0.15, 0.2) is 0 Å². The van der Waals surface area contributed by atoms with Gasteiger partial charge in [0.25, 0.3) is 5.56 Å². The second-order valence-corrected chi connectivity index (χ2v) is 4.45. The Labute approximate surface area is 109 Å². The summed E-state index contributed by atoms with van der Waals surface area (Å²) in [5, 5.41) is 13.9. The Balaban J connectivity index is 2.06. The van der Waals surface area contributed by atoms with Gasteiger partial charge in [0.2, 0.25) is 5.88 Å². The van der Waals surface area contributed by atoms with Crippen LogP contribution in [0.4, 0.5) is 0 Å². The number of hydrogen-bond donors (Lipinski definition) is 2.